The van der Waals surface area contributed by atoms with Gasteiger partial charge in [0.05, 0.1) is 12.3 Å². The van der Waals surface area contributed by atoms with Crippen LogP contribution in [0.4, 0.5) is 0 Å². The summed E-state index contributed by atoms with van der Waals surface area (Å²) in [6, 6.07) is 2.04. The number of rotatable bonds is 1. The molecular formula is C7H9N3. The van der Waals surface area contributed by atoms with Crippen molar-refractivity contribution < 1.29 is 0 Å². The van der Waals surface area contributed by atoms with Gasteiger partial charge in [-0.05, 0) is 19.4 Å². The highest BCUT2D eigenvalue weighted by Gasteiger charge is 1.98. The predicted molar refractivity (Wildman–Crippen MR) is 37.3 cm³/mol. The Balaban J connectivity index is 2.96. The lowest BCUT2D eigenvalue weighted by Gasteiger charge is -1.95. The molecule has 0 spiro atoms. The molecule has 0 saturated carbocycles. The van der Waals surface area contributed by atoms with Crippen LogP contribution in [0.25, 0.3) is 0 Å². The van der Waals surface area contributed by atoms with E-state index in [1.54, 1.807) is 10.9 Å². The summed E-state index contributed by atoms with van der Waals surface area (Å²) < 4.78 is 1.69. The number of aryl methyl sites for hydroxylation is 1. The molecule has 0 aliphatic carbocycles. The molecule has 3 heteroatoms. The Morgan fingerprint density at radius 3 is 2.80 bits per heavy atom. The first-order chi connectivity index (χ1) is 4.75. The highest BCUT2D eigenvalue weighted by Crippen LogP contribution is 2.03. The fourth-order valence-corrected chi connectivity index (χ4v) is 0.766. The molecule has 1 aromatic heterocycles. The SMILES string of the molecule is Cc1cnn(CC#N)c1C. The van der Waals surface area contributed by atoms with Gasteiger partial charge in [0, 0.05) is 5.69 Å². The second-order valence-electron chi connectivity index (χ2n) is 2.23. The third-order valence-corrected chi connectivity index (χ3v) is 1.57. The van der Waals surface area contributed by atoms with E-state index < -0.39 is 0 Å². The minimum atomic E-state index is 0.347. The Hall–Kier alpha value is -1.30. The Bertz CT molecular complexity index is 267. The fourth-order valence-electron chi connectivity index (χ4n) is 0.766. The zero-order valence-corrected chi connectivity index (χ0v) is 6.13. The van der Waals surface area contributed by atoms with Crippen LogP contribution in [0.5, 0.6) is 0 Å². The van der Waals surface area contributed by atoms with Crippen LogP contribution in [0.15, 0.2) is 6.20 Å². The van der Waals surface area contributed by atoms with Crippen LogP contribution in [0.1, 0.15) is 11.3 Å². The van der Waals surface area contributed by atoms with Gasteiger partial charge >= 0.3 is 0 Å². The van der Waals surface area contributed by atoms with Crippen LogP contribution in [-0.2, 0) is 6.54 Å². The average molecular weight is 135 g/mol. The van der Waals surface area contributed by atoms with Crippen molar-refractivity contribution in [2.24, 2.45) is 0 Å². The van der Waals surface area contributed by atoms with E-state index in [1.165, 1.54) is 0 Å². The molecule has 0 amide bonds. The molecule has 0 radical (unpaired) electrons. The Morgan fingerprint density at radius 1 is 1.70 bits per heavy atom. The van der Waals surface area contributed by atoms with Crippen molar-refractivity contribution in [2.75, 3.05) is 0 Å². The smallest absolute Gasteiger partial charge is 0.128 e. The van der Waals surface area contributed by atoms with Crippen molar-refractivity contribution in [3.8, 4) is 6.07 Å². The molecule has 0 fully saturated rings. The van der Waals surface area contributed by atoms with E-state index in [0.29, 0.717) is 6.54 Å². The van der Waals surface area contributed by atoms with E-state index in [2.05, 4.69) is 5.10 Å². The molecule has 0 aromatic carbocycles. The molecule has 0 saturated heterocycles. The lowest BCUT2D eigenvalue weighted by atomic mass is 10.3. The average Bonchev–Trinajstić information content (AvgIpc) is 2.20. The Labute approximate surface area is 59.9 Å². The summed E-state index contributed by atoms with van der Waals surface area (Å²) in [5, 5.41) is 12.3. The monoisotopic (exact) mass is 135 g/mol. The van der Waals surface area contributed by atoms with Crippen molar-refractivity contribution in [2.45, 2.75) is 20.4 Å². The van der Waals surface area contributed by atoms with Crippen molar-refractivity contribution in [1.29, 1.82) is 5.26 Å². The summed E-state index contributed by atoms with van der Waals surface area (Å²) in [7, 11) is 0. The van der Waals surface area contributed by atoms with E-state index in [0.717, 1.165) is 11.3 Å². The maximum atomic E-state index is 8.34. The normalized spacial score (nSPS) is 9.30. The molecule has 0 unspecified atom stereocenters. The minimum Gasteiger partial charge on any atom is -0.255 e. The van der Waals surface area contributed by atoms with Crippen LogP contribution in [0.2, 0.25) is 0 Å². The molecule has 0 atom stereocenters. The van der Waals surface area contributed by atoms with Gasteiger partial charge in [-0.1, -0.05) is 0 Å². The van der Waals surface area contributed by atoms with E-state index in [1.807, 2.05) is 19.9 Å². The van der Waals surface area contributed by atoms with Gasteiger partial charge in [0.25, 0.3) is 0 Å². The number of nitrogens with zero attached hydrogens (tertiary/aromatic N) is 3. The summed E-state index contributed by atoms with van der Waals surface area (Å²) in [5.74, 6) is 0. The second kappa shape index (κ2) is 2.53. The third kappa shape index (κ3) is 1.01. The Morgan fingerprint density at radius 2 is 2.40 bits per heavy atom. The maximum absolute atomic E-state index is 8.34. The maximum Gasteiger partial charge on any atom is 0.128 e. The van der Waals surface area contributed by atoms with Crippen LogP contribution in [0.3, 0.4) is 0 Å². The van der Waals surface area contributed by atoms with Crippen molar-refractivity contribution in [3.63, 3.8) is 0 Å². The van der Waals surface area contributed by atoms with Gasteiger partial charge in [-0.15, -0.1) is 0 Å². The topological polar surface area (TPSA) is 41.6 Å². The van der Waals surface area contributed by atoms with Gasteiger partial charge in [0.2, 0.25) is 0 Å². The summed E-state index contributed by atoms with van der Waals surface area (Å²) in [6.07, 6.45) is 1.77. The zero-order valence-electron chi connectivity index (χ0n) is 6.13. The third-order valence-electron chi connectivity index (χ3n) is 1.57. The van der Waals surface area contributed by atoms with E-state index in [-0.39, 0.29) is 0 Å². The molecule has 10 heavy (non-hydrogen) atoms. The minimum absolute atomic E-state index is 0.347. The zero-order chi connectivity index (χ0) is 7.56. The largest absolute Gasteiger partial charge is 0.255 e. The van der Waals surface area contributed by atoms with E-state index in [9.17, 15) is 0 Å². The predicted octanol–water partition coefficient (Wildman–Crippen LogP) is 1.02. The molecule has 0 aliphatic heterocycles. The van der Waals surface area contributed by atoms with Gasteiger partial charge in [0.15, 0.2) is 0 Å². The molecule has 1 heterocycles. The van der Waals surface area contributed by atoms with Gasteiger partial charge in [-0.3, -0.25) is 4.68 Å². The van der Waals surface area contributed by atoms with Gasteiger partial charge in [0.1, 0.15) is 6.54 Å². The summed E-state index contributed by atoms with van der Waals surface area (Å²) in [6.45, 7) is 4.29. The van der Waals surface area contributed by atoms with Crippen molar-refractivity contribution in [3.05, 3.63) is 17.5 Å². The Kier molecular flexibility index (Phi) is 1.72. The lowest BCUT2D eigenvalue weighted by molar-refractivity contribution is 0.685. The molecular weight excluding hydrogens is 126 g/mol. The van der Waals surface area contributed by atoms with Gasteiger partial charge < -0.3 is 0 Å². The molecule has 0 aliphatic rings. The van der Waals surface area contributed by atoms with Crippen LogP contribution < -0.4 is 0 Å². The number of aromatic nitrogens is 2. The lowest BCUT2D eigenvalue weighted by Crippen LogP contribution is -1.99. The first kappa shape index (κ1) is 6.81. The number of hydrogen-bond donors (Lipinski definition) is 0. The van der Waals surface area contributed by atoms with Gasteiger partial charge in [-0.2, -0.15) is 10.4 Å². The highest BCUT2D eigenvalue weighted by atomic mass is 15.3. The molecule has 52 valence electrons. The van der Waals surface area contributed by atoms with E-state index in [4.69, 9.17) is 5.26 Å². The van der Waals surface area contributed by atoms with Crippen molar-refractivity contribution >= 4 is 0 Å². The molecule has 1 aromatic rings. The van der Waals surface area contributed by atoms with Crippen LogP contribution in [0, 0.1) is 25.2 Å². The summed E-state index contributed by atoms with van der Waals surface area (Å²) >= 11 is 0. The molecule has 0 N–H and O–H groups in total. The van der Waals surface area contributed by atoms with Crippen molar-refractivity contribution in [1.82, 2.24) is 9.78 Å². The second-order valence-corrected chi connectivity index (χ2v) is 2.23. The first-order valence-corrected chi connectivity index (χ1v) is 3.11. The first-order valence-electron chi connectivity index (χ1n) is 3.11. The standard InChI is InChI=1S/C7H9N3/c1-6-5-9-10(4-3-8)7(6)2/h5H,4H2,1-2H3. The number of hydrogen-bond acceptors (Lipinski definition) is 2. The van der Waals surface area contributed by atoms with E-state index >= 15 is 0 Å². The quantitative estimate of drug-likeness (QED) is 0.577. The highest BCUT2D eigenvalue weighted by molar-refractivity contribution is 5.13. The summed E-state index contributed by atoms with van der Waals surface area (Å²) in [4.78, 5) is 0. The van der Waals surface area contributed by atoms with Gasteiger partial charge in [-0.25, -0.2) is 0 Å². The number of nitriles is 1. The van der Waals surface area contributed by atoms with Crippen LogP contribution in [-0.4, -0.2) is 9.78 Å². The van der Waals surface area contributed by atoms with Crippen LogP contribution >= 0.6 is 0 Å². The molecule has 1 rings (SSSR count). The summed E-state index contributed by atoms with van der Waals surface area (Å²) in [5.41, 5.74) is 2.21. The molecule has 0 bridgehead atoms. The molecule has 3 nitrogen and oxygen atoms in total. The fraction of sp³-hybridized carbons (Fsp3) is 0.429.